The Morgan fingerprint density at radius 1 is 1.22 bits per heavy atom. The molecule has 0 atom stereocenters. The van der Waals surface area contributed by atoms with Crippen LogP contribution in [0.4, 0.5) is 13.2 Å². The van der Waals surface area contributed by atoms with E-state index in [-0.39, 0.29) is 11.3 Å². The van der Waals surface area contributed by atoms with Gasteiger partial charge >= 0.3 is 6.18 Å². The number of carbonyl (C=O) groups is 1. The Kier molecular flexibility index (Phi) is 2.82. The molecule has 1 heterocycles. The van der Waals surface area contributed by atoms with Crippen LogP contribution in [0.5, 0.6) is 0 Å². The van der Waals surface area contributed by atoms with Gasteiger partial charge in [0.25, 0.3) is 5.91 Å². The van der Waals surface area contributed by atoms with E-state index in [9.17, 15) is 18.0 Å². The summed E-state index contributed by atoms with van der Waals surface area (Å²) in [5.41, 5.74) is 4.80. The Balaban J connectivity index is 2.41. The number of primary amides is 1. The van der Waals surface area contributed by atoms with Crippen LogP contribution < -0.4 is 5.73 Å². The maximum atomic E-state index is 12.4. The summed E-state index contributed by atoms with van der Waals surface area (Å²) in [4.78, 5) is 11.0. The third kappa shape index (κ3) is 2.20. The number of benzene rings is 1. The summed E-state index contributed by atoms with van der Waals surface area (Å²) in [6.07, 6.45) is -3.25. The van der Waals surface area contributed by atoms with Crippen LogP contribution in [0.2, 0.25) is 0 Å². The molecule has 0 radical (unpaired) electrons. The number of hydrogen-bond donors (Lipinski definition) is 1. The average Bonchev–Trinajstić information content (AvgIpc) is 2.77. The Labute approximate surface area is 99.2 Å². The Morgan fingerprint density at radius 3 is 2.33 bits per heavy atom. The van der Waals surface area contributed by atoms with E-state index < -0.39 is 17.6 Å². The third-order valence-corrected chi connectivity index (χ3v) is 2.33. The predicted molar refractivity (Wildman–Crippen MR) is 55.5 cm³/mol. The lowest BCUT2D eigenvalue weighted by Crippen LogP contribution is -2.12. The largest absolute Gasteiger partial charge is 0.416 e. The van der Waals surface area contributed by atoms with Gasteiger partial charge in [0, 0.05) is 0 Å². The third-order valence-electron chi connectivity index (χ3n) is 2.33. The molecule has 0 bridgehead atoms. The van der Waals surface area contributed by atoms with Crippen molar-refractivity contribution >= 4 is 5.91 Å². The first kappa shape index (κ1) is 12.2. The van der Waals surface area contributed by atoms with Gasteiger partial charge in [0.05, 0.1) is 11.1 Å². The number of halogens is 3. The van der Waals surface area contributed by atoms with Gasteiger partial charge < -0.3 is 10.3 Å². The molecule has 1 amide bonds. The van der Waals surface area contributed by atoms with Gasteiger partial charge in [-0.05, 0) is 17.7 Å². The van der Waals surface area contributed by atoms with Crippen LogP contribution in [0.3, 0.4) is 0 Å². The number of rotatable bonds is 2. The van der Waals surface area contributed by atoms with E-state index in [2.05, 4.69) is 9.68 Å². The normalized spacial score (nSPS) is 11.5. The highest BCUT2D eigenvalue weighted by atomic mass is 19.4. The van der Waals surface area contributed by atoms with Gasteiger partial charge in [-0.1, -0.05) is 17.3 Å². The zero-order valence-corrected chi connectivity index (χ0v) is 8.86. The van der Waals surface area contributed by atoms with Crippen molar-refractivity contribution in [1.29, 1.82) is 0 Å². The summed E-state index contributed by atoms with van der Waals surface area (Å²) < 4.78 is 41.7. The van der Waals surface area contributed by atoms with Crippen LogP contribution in [0.25, 0.3) is 11.1 Å². The molecule has 4 nitrogen and oxygen atoms in total. The first-order valence-corrected chi connectivity index (χ1v) is 4.81. The summed E-state index contributed by atoms with van der Waals surface area (Å²) in [6.45, 7) is 0. The molecule has 0 aliphatic heterocycles. The molecular formula is C11H7F3N2O2. The zero-order valence-electron chi connectivity index (χ0n) is 8.86. The molecule has 7 heteroatoms. The molecule has 2 rings (SSSR count). The van der Waals surface area contributed by atoms with Crippen molar-refractivity contribution in [2.75, 3.05) is 0 Å². The lowest BCUT2D eigenvalue weighted by atomic mass is 10.0. The number of nitrogens with zero attached hydrogens (tertiary/aromatic N) is 1. The molecule has 0 aliphatic rings. The Morgan fingerprint density at radius 2 is 1.83 bits per heavy atom. The molecule has 0 unspecified atom stereocenters. The van der Waals surface area contributed by atoms with Gasteiger partial charge in [-0.15, -0.1) is 0 Å². The maximum Gasteiger partial charge on any atom is 0.416 e. The molecule has 2 aromatic rings. The van der Waals surface area contributed by atoms with Gasteiger partial charge in [0.1, 0.15) is 6.26 Å². The average molecular weight is 256 g/mol. The minimum absolute atomic E-state index is 0.116. The van der Waals surface area contributed by atoms with Crippen molar-refractivity contribution in [3.8, 4) is 11.1 Å². The molecular weight excluding hydrogens is 249 g/mol. The molecule has 2 N–H and O–H groups in total. The number of hydrogen-bond acceptors (Lipinski definition) is 3. The van der Waals surface area contributed by atoms with Crippen LogP contribution in [0, 0.1) is 0 Å². The molecule has 1 aromatic carbocycles. The molecule has 94 valence electrons. The van der Waals surface area contributed by atoms with Crippen LogP contribution in [-0.4, -0.2) is 11.1 Å². The van der Waals surface area contributed by atoms with E-state index in [4.69, 9.17) is 5.73 Å². The minimum Gasteiger partial charge on any atom is -0.364 e. The molecule has 0 spiro atoms. The van der Waals surface area contributed by atoms with Crippen molar-refractivity contribution in [1.82, 2.24) is 5.16 Å². The van der Waals surface area contributed by atoms with Gasteiger partial charge in [0.15, 0.2) is 5.69 Å². The van der Waals surface area contributed by atoms with E-state index in [1.807, 2.05) is 0 Å². The minimum atomic E-state index is -4.40. The van der Waals surface area contributed by atoms with Gasteiger partial charge in [-0.25, -0.2) is 0 Å². The monoisotopic (exact) mass is 256 g/mol. The lowest BCUT2D eigenvalue weighted by Gasteiger charge is -2.06. The van der Waals surface area contributed by atoms with E-state index in [1.165, 1.54) is 12.1 Å². The second kappa shape index (κ2) is 4.17. The molecule has 0 aliphatic carbocycles. The van der Waals surface area contributed by atoms with Gasteiger partial charge in [-0.3, -0.25) is 4.79 Å². The number of alkyl halides is 3. The van der Waals surface area contributed by atoms with Crippen LogP contribution in [-0.2, 0) is 6.18 Å². The number of amides is 1. The first-order chi connectivity index (χ1) is 8.39. The number of aromatic nitrogens is 1. The second-order valence-electron chi connectivity index (χ2n) is 3.52. The highest BCUT2D eigenvalue weighted by Gasteiger charge is 2.30. The Hall–Kier alpha value is -2.31. The maximum absolute atomic E-state index is 12.4. The van der Waals surface area contributed by atoms with Crippen molar-refractivity contribution in [3.63, 3.8) is 0 Å². The van der Waals surface area contributed by atoms with E-state index in [1.54, 1.807) is 0 Å². The van der Waals surface area contributed by atoms with Crippen molar-refractivity contribution < 1.29 is 22.5 Å². The SMILES string of the molecule is NC(=O)c1nocc1-c1ccc(C(F)(F)F)cc1. The van der Waals surface area contributed by atoms with Crippen LogP contribution in [0.15, 0.2) is 35.1 Å². The van der Waals surface area contributed by atoms with E-state index in [0.717, 1.165) is 18.4 Å². The summed E-state index contributed by atoms with van der Waals surface area (Å²) in [6, 6.07) is 4.27. The van der Waals surface area contributed by atoms with Crippen molar-refractivity contribution in [2.24, 2.45) is 5.73 Å². The van der Waals surface area contributed by atoms with Gasteiger partial charge in [0.2, 0.25) is 0 Å². The van der Waals surface area contributed by atoms with E-state index in [0.29, 0.717) is 5.56 Å². The summed E-state index contributed by atoms with van der Waals surface area (Å²) in [5.74, 6) is -0.807. The highest BCUT2D eigenvalue weighted by molar-refractivity contribution is 5.97. The van der Waals surface area contributed by atoms with Crippen LogP contribution in [0.1, 0.15) is 16.1 Å². The standard InChI is InChI=1S/C11H7F3N2O2/c12-11(13,14)7-3-1-6(2-4-7)8-5-18-16-9(8)10(15)17/h1-5H,(H2,15,17). The van der Waals surface area contributed by atoms with E-state index >= 15 is 0 Å². The molecule has 0 saturated carbocycles. The topological polar surface area (TPSA) is 69.1 Å². The quantitative estimate of drug-likeness (QED) is 0.897. The van der Waals surface area contributed by atoms with Crippen molar-refractivity contribution in [3.05, 3.63) is 41.8 Å². The highest BCUT2D eigenvalue weighted by Crippen LogP contribution is 2.31. The fourth-order valence-corrected chi connectivity index (χ4v) is 1.46. The fourth-order valence-electron chi connectivity index (χ4n) is 1.46. The van der Waals surface area contributed by atoms with Crippen molar-refractivity contribution in [2.45, 2.75) is 6.18 Å². The summed E-state index contributed by atoms with van der Waals surface area (Å²) in [7, 11) is 0. The molecule has 18 heavy (non-hydrogen) atoms. The lowest BCUT2D eigenvalue weighted by molar-refractivity contribution is -0.137. The smallest absolute Gasteiger partial charge is 0.364 e. The fraction of sp³-hybridized carbons (Fsp3) is 0.0909. The van der Waals surface area contributed by atoms with Gasteiger partial charge in [-0.2, -0.15) is 13.2 Å². The van der Waals surface area contributed by atoms with Crippen LogP contribution >= 0.6 is 0 Å². The summed E-state index contributed by atoms with van der Waals surface area (Å²) in [5, 5.41) is 3.39. The second-order valence-corrected chi connectivity index (χ2v) is 3.52. The summed E-state index contributed by atoms with van der Waals surface area (Å²) >= 11 is 0. The molecule has 0 fully saturated rings. The molecule has 1 aromatic heterocycles. The first-order valence-electron chi connectivity index (χ1n) is 4.81. The number of carbonyl (C=O) groups excluding carboxylic acids is 1. The Bertz CT molecular complexity index is 573. The molecule has 0 saturated heterocycles. The number of nitrogens with two attached hydrogens (primary N) is 1. The zero-order chi connectivity index (χ0) is 13.3. The predicted octanol–water partition coefficient (Wildman–Crippen LogP) is 2.46.